The summed E-state index contributed by atoms with van der Waals surface area (Å²) in [7, 11) is 0. The van der Waals surface area contributed by atoms with Crippen LogP contribution >= 0.6 is 0 Å². The first-order chi connectivity index (χ1) is 6.70. The second-order valence-corrected chi connectivity index (χ2v) is 2.84. The molecule has 0 aromatic carbocycles. The van der Waals surface area contributed by atoms with Gasteiger partial charge in [-0.15, -0.1) is 0 Å². The van der Waals surface area contributed by atoms with Crippen molar-refractivity contribution in [3.05, 3.63) is 34.4 Å². The minimum atomic E-state index is -0.552. The van der Waals surface area contributed by atoms with Gasteiger partial charge in [-0.25, -0.2) is 9.95 Å². The Labute approximate surface area is 78.8 Å². The van der Waals surface area contributed by atoms with Gasteiger partial charge in [-0.2, -0.15) is 0 Å². The summed E-state index contributed by atoms with van der Waals surface area (Å²) in [5.74, 6) is 0.484. The number of nitrogens with one attached hydrogen (secondary N) is 2. The molecule has 2 rings (SSSR count). The van der Waals surface area contributed by atoms with Gasteiger partial charge in [0, 0.05) is 5.71 Å². The van der Waals surface area contributed by atoms with E-state index >= 15 is 0 Å². The first-order valence-corrected chi connectivity index (χ1v) is 4.01. The van der Waals surface area contributed by atoms with Crippen molar-refractivity contribution in [1.82, 2.24) is 5.16 Å². The van der Waals surface area contributed by atoms with Crippen LogP contribution in [0.3, 0.4) is 0 Å². The number of aromatic nitrogens is 1. The second kappa shape index (κ2) is 3.02. The number of H-pyrrole nitrogens is 1. The van der Waals surface area contributed by atoms with E-state index < -0.39 is 5.63 Å². The molecule has 0 saturated carbocycles. The molecule has 5 nitrogen and oxygen atoms in total. The number of furan rings is 1. The van der Waals surface area contributed by atoms with Crippen molar-refractivity contribution in [2.24, 2.45) is 0 Å². The molecule has 5 heteroatoms. The predicted molar refractivity (Wildman–Crippen MR) is 49.5 cm³/mol. The third kappa shape index (κ3) is 1.19. The lowest BCUT2D eigenvalue weighted by atomic mass is 10.1. The molecular formula is C9H8N2O3. The number of hydrogen-bond donors (Lipinski definition) is 2. The fraction of sp³-hybridized carbons (Fsp3) is 0.111. The van der Waals surface area contributed by atoms with Crippen LogP contribution in [0.1, 0.15) is 12.5 Å². The van der Waals surface area contributed by atoms with Crippen molar-refractivity contribution in [2.45, 2.75) is 6.92 Å². The van der Waals surface area contributed by atoms with Crippen molar-refractivity contribution in [3.8, 4) is 11.5 Å². The Balaban J connectivity index is 2.66. The lowest BCUT2D eigenvalue weighted by molar-refractivity contribution is 0.391. The molecule has 0 radical (unpaired) electrons. The Morgan fingerprint density at radius 2 is 2.36 bits per heavy atom. The highest BCUT2D eigenvalue weighted by molar-refractivity contribution is 6.00. The minimum absolute atomic E-state index is 0.145. The lowest BCUT2D eigenvalue weighted by Gasteiger charge is -1.93. The van der Waals surface area contributed by atoms with Gasteiger partial charge in [0.2, 0.25) is 0 Å². The van der Waals surface area contributed by atoms with E-state index in [4.69, 9.17) is 9.83 Å². The maximum atomic E-state index is 11.2. The van der Waals surface area contributed by atoms with E-state index in [-0.39, 0.29) is 11.3 Å². The monoisotopic (exact) mass is 192 g/mol. The summed E-state index contributed by atoms with van der Waals surface area (Å²) in [4.78, 5) is 11.2. The van der Waals surface area contributed by atoms with Crippen LogP contribution in [0.5, 0.6) is 0 Å². The van der Waals surface area contributed by atoms with Crippen LogP contribution < -0.4 is 5.63 Å². The molecule has 0 amide bonds. The summed E-state index contributed by atoms with van der Waals surface area (Å²) in [5.41, 5.74) is 0.211. The van der Waals surface area contributed by atoms with Gasteiger partial charge in [0.1, 0.15) is 11.3 Å². The molecule has 0 atom stereocenters. The molecule has 2 aromatic rings. The molecule has 2 aromatic heterocycles. The van der Waals surface area contributed by atoms with Crippen LogP contribution in [-0.2, 0) is 0 Å². The fourth-order valence-electron chi connectivity index (χ4n) is 1.24. The molecule has 14 heavy (non-hydrogen) atoms. The van der Waals surface area contributed by atoms with Crippen LogP contribution in [0.25, 0.3) is 11.5 Å². The average Bonchev–Trinajstić information content (AvgIpc) is 2.70. The summed E-state index contributed by atoms with van der Waals surface area (Å²) < 4.78 is 9.70. The van der Waals surface area contributed by atoms with Gasteiger partial charge >= 0.3 is 5.63 Å². The molecular weight excluding hydrogens is 184 g/mol. The van der Waals surface area contributed by atoms with Crippen LogP contribution in [0, 0.1) is 5.41 Å². The molecule has 0 spiro atoms. The summed E-state index contributed by atoms with van der Waals surface area (Å²) in [6.07, 6.45) is 1.49. The Morgan fingerprint density at radius 1 is 1.57 bits per heavy atom. The predicted octanol–water partition coefficient (Wildman–Crippen LogP) is 1.62. The average molecular weight is 192 g/mol. The molecule has 2 N–H and O–H groups in total. The van der Waals surface area contributed by atoms with E-state index in [1.165, 1.54) is 13.2 Å². The normalized spacial score (nSPS) is 10.4. The van der Waals surface area contributed by atoms with Crippen molar-refractivity contribution in [3.63, 3.8) is 0 Å². The third-order valence-corrected chi connectivity index (χ3v) is 1.84. The number of rotatable bonds is 2. The van der Waals surface area contributed by atoms with Gasteiger partial charge in [0.25, 0.3) is 0 Å². The molecule has 0 saturated heterocycles. The maximum Gasteiger partial charge on any atom is 0.366 e. The van der Waals surface area contributed by atoms with Crippen molar-refractivity contribution in [2.75, 3.05) is 0 Å². The van der Waals surface area contributed by atoms with E-state index in [1.54, 1.807) is 12.1 Å². The molecule has 0 unspecified atom stereocenters. The zero-order valence-electron chi connectivity index (χ0n) is 7.46. The fourth-order valence-corrected chi connectivity index (χ4v) is 1.24. The van der Waals surface area contributed by atoms with E-state index in [1.807, 2.05) is 0 Å². The van der Waals surface area contributed by atoms with Crippen molar-refractivity contribution >= 4 is 5.71 Å². The Bertz CT molecular complexity index is 504. The minimum Gasteiger partial charge on any atom is -0.463 e. The topological polar surface area (TPSA) is 83.0 Å². The Morgan fingerprint density at radius 3 is 2.93 bits per heavy atom. The Hall–Kier alpha value is -2.04. The third-order valence-electron chi connectivity index (χ3n) is 1.84. The van der Waals surface area contributed by atoms with Crippen LogP contribution in [0.2, 0.25) is 0 Å². The SMILES string of the molecule is CC(=N)c1c(-c2ccco2)[nH]oc1=O. The largest absolute Gasteiger partial charge is 0.463 e. The van der Waals surface area contributed by atoms with Crippen LogP contribution in [0.4, 0.5) is 0 Å². The molecule has 0 bridgehead atoms. The van der Waals surface area contributed by atoms with Gasteiger partial charge in [-0.05, 0) is 19.1 Å². The Kier molecular flexibility index (Phi) is 1.85. The number of hydrogen-bond acceptors (Lipinski definition) is 4. The second-order valence-electron chi connectivity index (χ2n) is 2.84. The molecule has 0 aliphatic rings. The number of aromatic amines is 1. The first-order valence-electron chi connectivity index (χ1n) is 4.01. The highest BCUT2D eigenvalue weighted by Crippen LogP contribution is 2.19. The molecule has 0 aliphatic heterocycles. The first kappa shape index (κ1) is 8.55. The zero-order chi connectivity index (χ0) is 10.1. The molecule has 72 valence electrons. The van der Waals surface area contributed by atoms with Crippen LogP contribution in [0.15, 0.2) is 32.1 Å². The highest BCUT2D eigenvalue weighted by Gasteiger charge is 2.17. The summed E-state index contributed by atoms with van der Waals surface area (Å²) in [6, 6.07) is 3.39. The lowest BCUT2D eigenvalue weighted by Crippen LogP contribution is -2.07. The van der Waals surface area contributed by atoms with Gasteiger partial charge in [-0.3, -0.25) is 0 Å². The standard InChI is InChI=1S/C9H8N2O3/c1-5(10)7-8(11-14-9(7)12)6-3-2-4-13-6/h2-4,10-11H,1H3. The highest BCUT2D eigenvalue weighted by atomic mass is 16.5. The van der Waals surface area contributed by atoms with Crippen LogP contribution in [-0.4, -0.2) is 10.9 Å². The van der Waals surface area contributed by atoms with E-state index in [9.17, 15) is 4.79 Å². The molecule has 0 aliphatic carbocycles. The maximum absolute atomic E-state index is 11.2. The van der Waals surface area contributed by atoms with Gasteiger partial charge in [0.05, 0.1) is 6.26 Å². The van der Waals surface area contributed by atoms with E-state index in [2.05, 4.69) is 9.68 Å². The van der Waals surface area contributed by atoms with Crippen molar-refractivity contribution in [1.29, 1.82) is 5.41 Å². The smallest absolute Gasteiger partial charge is 0.366 e. The summed E-state index contributed by atoms with van der Waals surface area (Å²) in [5, 5.41) is 9.85. The van der Waals surface area contributed by atoms with E-state index in [0.29, 0.717) is 11.5 Å². The summed E-state index contributed by atoms with van der Waals surface area (Å²) in [6.45, 7) is 1.52. The van der Waals surface area contributed by atoms with Gasteiger partial charge < -0.3 is 14.3 Å². The quantitative estimate of drug-likeness (QED) is 0.709. The molecule has 2 heterocycles. The molecule has 0 fully saturated rings. The summed E-state index contributed by atoms with van der Waals surface area (Å²) >= 11 is 0. The van der Waals surface area contributed by atoms with Gasteiger partial charge in [-0.1, -0.05) is 0 Å². The zero-order valence-corrected chi connectivity index (χ0v) is 7.46. The van der Waals surface area contributed by atoms with E-state index in [0.717, 1.165) is 0 Å². The van der Waals surface area contributed by atoms with Gasteiger partial charge in [0.15, 0.2) is 5.76 Å². The van der Waals surface area contributed by atoms with Crippen molar-refractivity contribution < 1.29 is 8.94 Å².